The highest BCUT2D eigenvalue weighted by molar-refractivity contribution is 7.98. The fraction of sp³-hybridized carbons (Fsp3) is 0.400. The first kappa shape index (κ1) is 22.7. The molecule has 4 rings (SSSR count). The van der Waals surface area contributed by atoms with Crippen LogP contribution in [0.5, 0.6) is 0 Å². The number of amides is 1. The smallest absolute Gasteiger partial charge is 0.360 e. The fourth-order valence-electron chi connectivity index (χ4n) is 3.36. The molecule has 3 aromatic rings. The quantitative estimate of drug-likeness (QED) is 0.284. The summed E-state index contributed by atoms with van der Waals surface area (Å²) >= 11 is 9.05. The number of thioether (sulfide) groups is 1. The van der Waals surface area contributed by atoms with Crippen LogP contribution >= 0.6 is 34.7 Å². The van der Waals surface area contributed by atoms with Crippen molar-refractivity contribution < 1.29 is 18.8 Å². The summed E-state index contributed by atoms with van der Waals surface area (Å²) in [7, 11) is 0. The van der Waals surface area contributed by atoms with Crippen LogP contribution in [-0.2, 0) is 4.74 Å². The number of hydrogen-bond donors (Lipinski definition) is 0. The molecule has 32 heavy (non-hydrogen) atoms. The van der Waals surface area contributed by atoms with Crippen molar-refractivity contribution in [3.63, 3.8) is 0 Å². The van der Waals surface area contributed by atoms with Crippen LogP contribution in [-0.4, -0.2) is 62.8 Å². The number of aromatic nitrogens is 4. The number of hydrogen-bond acceptors (Lipinski definition) is 10. The number of nitrogens with zero attached hydrogens (tertiary/aromatic N) is 5. The molecule has 4 heterocycles. The second kappa shape index (κ2) is 9.97. The molecule has 0 unspecified atom stereocenters. The van der Waals surface area contributed by atoms with E-state index in [9.17, 15) is 9.59 Å². The van der Waals surface area contributed by atoms with Gasteiger partial charge in [-0.2, -0.15) is 0 Å². The van der Waals surface area contributed by atoms with E-state index in [1.165, 1.54) is 35.4 Å². The van der Waals surface area contributed by atoms with Crippen LogP contribution in [0.15, 0.2) is 27.3 Å². The Bertz CT molecular complexity index is 1130. The summed E-state index contributed by atoms with van der Waals surface area (Å²) in [4.78, 5) is 39.5. The molecule has 0 atom stereocenters. The van der Waals surface area contributed by atoms with Crippen molar-refractivity contribution in [1.82, 2.24) is 25.0 Å². The number of esters is 1. The Morgan fingerprint density at radius 2 is 2.12 bits per heavy atom. The lowest BCUT2D eigenvalue weighted by atomic mass is 9.97. The Morgan fingerprint density at radius 1 is 1.34 bits per heavy atom. The zero-order valence-corrected chi connectivity index (χ0v) is 19.8. The molecule has 0 N–H and O–H groups in total. The summed E-state index contributed by atoms with van der Waals surface area (Å²) < 4.78 is 10.2. The molecule has 12 heteroatoms. The highest BCUT2D eigenvalue weighted by Gasteiger charge is 2.29. The summed E-state index contributed by atoms with van der Waals surface area (Å²) in [5.74, 6) is -0.0541. The van der Waals surface area contributed by atoms with Crippen molar-refractivity contribution in [1.29, 1.82) is 0 Å². The maximum Gasteiger partial charge on any atom is 0.360 e. The van der Waals surface area contributed by atoms with Crippen LogP contribution in [0.25, 0.3) is 11.5 Å². The lowest BCUT2D eigenvalue weighted by Crippen LogP contribution is -2.38. The van der Waals surface area contributed by atoms with Crippen molar-refractivity contribution >= 4 is 46.6 Å². The number of piperidine rings is 1. The fourth-order valence-corrected chi connectivity index (χ4v) is 4.86. The van der Waals surface area contributed by atoms with Crippen LogP contribution in [0.4, 0.5) is 0 Å². The highest BCUT2D eigenvalue weighted by Crippen LogP contribution is 2.33. The van der Waals surface area contributed by atoms with Crippen LogP contribution in [0, 0.1) is 0 Å². The molecule has 1 aliphatic rings. The molecular formula is C20H20ClN5O4S2. The maximum atomic E-state index is 12.9. The lowest BCUT2D eigenvalue weighted by molar-refractivity contribution is 0.0514. The van der Waals surface area contributed by atoms with Gasteiger partial charge >= 0.3 is 5.97 Å². The number of carbonyl (C=O) groups is 2. The van der Waals surface area contributed by atoms with E-state index in [0.717, 1.165) is 17.8 Å². The number of carbonyl (C=O) groups excluding carboxylic acids is 2. The number of likely N-dealkylation sites (tertiary alicyclic amines) is 1. The van der Waals surface area contributed by atoms with Crippen LogP contribution in [0.1, 0.15) is 51.7 Å². The molecule has 1 fully saturated rings. The van der Waals surface area contributed by atoms with Crippen molar-refractivity contribution in [2.24, 2.45) is 0 Å². The SMILES string of the molecule is CCOC(=O)c1cc(-c2csc(C3CCN(C(=O)c4nc(SC)ncc4Cl)CC3)n2)on1. The number of thiazole rings is 1. The van der Waals surface area contributed by atoms with E-state index in [1.807, 2.05) is 11.6 Å². The van der Waals surface area contributed by atoms with Gasteiger partial charge in [-0.15, -0.1) is 11.3 Å². The van der Waals surface area contributed by atoms with Crippen molar-refractivity contribution in [2.45, 2.75) is 30.8 Å². The molecule has 0 saturated carbocycles. The van der Waals surface area contributed by atoms with Gasteiger partial charge in [0.2, 0.25) is 0 Å². The zero-order valence-electron chi connectivity index (χ0n) is 17.4. The van der Waals surface area contributed by atoms with Gasteiger partial charge < -0.3 is 14.2 Å². The standard InChI is InChI=1S/C20H20ClN5O4S2/c1-3-29-19(28)13-8-15(30-25-13)14-10-32-17(23-14)11-4-6-26(7-5-11)18(27)16-12(21)9-22-20(24-16)31-2/h8-11H,3-7H2,1-2H3. The van der Waals surface area contributed by atoms with Gasteiger partial charge in [0.05, 0.1) is 22.8 Å². The Labute approximate surface area is 197 Å². The second-order valence-electron chi connectivity index (χ2n) is 6.99. The summed E-state index contributed by atoms with van der Waals surface area (Å²) in [5, 5.41) is 7.38. The largest absolute Gasteiger partial charge is 0.461 e. The molecule has 1 amide bonds. The van der Waals surface area contributed by atoms with Gasteiger partial charge in [0, 0.05) is 30.5 Å². The second-order valence-corrected chi connectivity index (χ2v) is 9.06. The first-order chi connectivity index (χ1) is 15.5. The number of halogens is 1. The van der Waals surface area contributed by atoms with E-state index in [4.69, 9.17) is 20.9 Å². The van der Waals surface area contributed by atoms with Crippen molar-refractivity contribution in [3.8, 4) is 11.5 Å². The first-order valence-electron chi connectivity index (χ1n) is 9.95. The third kappa shape index (κ3) is 4.79. The molecule has 3 aromatic heterocycles. The van der Waals surface area contributed by atoms with Gasteiger partial charge in [0.15, 0.2) is 22.3 Å². The van der Waals surface area contributed by atoms with Gasteiger partial charge in [0.1, 0.15) is 5.69 Å². The molecule has 1 saturated heterocycles. The van der Waals surface area contributed by atoms with E-state index in [-0.39, 0.29) is 34.8 Å². The lowest BCUT2D eigenvalue weighted by Gasteiger charge is -2.31. The van der Waals surface area contributed by atoms with Crippen molar-refractivity contribution in [3.05, 3.63) is 39.1 Å². The summed E-state index contributed by atoms with van der Waals surface area (Å²) in [6.45, 7) is 3.17. The van der Waals surface area contributed by atoms with Gasteiger partial charge in [-0.05, 0) is 26.0 Å². The van der Waals surface area contributed by atoms with Crippen LogP contribution in [0.2, 0.25) is 5.02 Å². The molecule has 0 aromatic carbocycles. The van der Waals surface area contributed by atoms with E-state index in [1.54, 1.807) is 11.8 Å². The van der Waals surface area contributed by atoms with Crippen molar-refractivity contribution in [2.75, 3.05) is 26.0 Å². The summed E-state index contributed by atoms with van der Waals surface area (Å²) in [5.41, 5.74) is 0.990. The van der Waals surface area contributed by atoms with E-state index in [0.29, 0.717) is 29.7 Å². The normalized spacial score (nSPS) is 14.5. The molecule has 1 aliphatic heterocycles. The molecule has 0 aliphatic carbocycles. The van der Waals surface area contributed by atoms with Crippen LogP contribution < -0.4 is 0 Å². The first-order valence-corrected chi connectivity index (χ1v) is 12.4. The zero-order chi connectivity index (χ0) is 22.7. The van der Waals surface area contributed by atoms with E-state index >= 15 is 0 Å². The minimum Gasteiger partial charge on any atom is -0.461 e. The monoisotopic (exact) mass is 493 g/mol. The molecule has 0 radical (unpaired) electrons. The third-order valence-corrected chi connectivity index (χ3v) is 6.85. The third-order valence-electron chi connectivity index (χ3n) is 5.01. The summed E-state index contributed by atoms with van der Waals surface area (Å²) in [6, 6.07) is 1.53. The molecule has 168 valence electrons. The van der Waals surface area contributed by atoms with Gasteiger partial charge in [-0.1, -0.05) is 28.5 Å². The number of rotatable bonds is 6. The van der Waals surface area contributed by atoms with Gasteiger partial charge in [-0.3, -0.25) is 4.79 Å². The molecule has 0 spiro atoms. The molecular weight excluding hydrogens is 474 g/mol. The van der Waals surface area contributed by atoms with E-state index in [2.05, 4.69) is 20.1 Å². The van der Waals surface area contributed by atoms with Gasteiger partial charge in [0.25, 0.3) is 5.91 Å². The van der Waals surface area contributed by atoms with Crippen LogP contribution in [0.3, 0.4) is 0 Å². The average Bonchev–Trinajstić information content (AvgIpc) is 3.49. The van der Waals surface area contributed by atoms with Gasteiger partial charge in [-0.25, -0.2) is 19.7 Å². The minimum atomic E-state index is -0.525. The average molecular weight is 494 g/mol. The Hall–Kier alpha value is -2.50. The predicted octanol–water partition coefficient (Wildman–Crippen LogP) is 4.16. The highest BCUT2D eigenvalue weighted by atomic mass is 35.5. The molecule has 0 bridgehead atoms. The Balaban J connectivity index is 1.40. The maximum absolute atomic E-state index is 12.9. The number of ether oxygens (including phenoxy) is 1. The Kier molecular flexibility index (Phi) is 7.07. The molecule has 9 nitrogen and oxygen atoms in total. The minimum absolute atomic E-state index is 0.122. The Morgan fingerprint density at radius 3 is 2.84 bits per heavy atom. The summed E-state index contributed by atoms with van der Waals surface area (Å²) in [6.07, 6.45) is 4.87. The predicted molar refractivity (Wildman–Crippen MR) is 120 cm³/mol. The topological polar surface area (TPSA) is 111 Å². The van der Waals surface area contributed by atoms with E-state index < -0.39 is 5.97 Å².